The molecule has 4 rings (SSSR count). The fourth-order valence-corrected chi connectivity index (χ4v) is 6.35. The molecule has 0 aromatic heterocycles. The average Bonchev–Trinajstić information content (AvgIpc) is 2.99. The monoisotopic (exact) mass is 442 g/mol. The molecule has 1 amide bonds. The number of rotatable bonds is 6. The molecule has 1 aliphatic heterocycles. The van der Waals surface area contributed by atoms with Crippen molar-refractivity contribution in [3.05, 3.63) is 35.9 Å². The molecule has 2 saturated carbocycles. The van der Waals surface area contributed by atoms with E-state index in [4.69, 9.17) is 0 Å². The Hall–Kier alpha value is -1.43. The summed E-state index contributed by atoms with van der Waals surface area (Å²) in [6, 6.07) is 10.8. The van der Waals surface area contributed by atoms with Gasteiger partial charge in [-0.25, -0.2) is 0 Å². The summed E-state index contributed by atoms with van der Waals surface area (Å²) in [5.41, 5.74) is 1.15. The van der Waals surface area contributed by atoms with Crippen LogP contribution in [0.15, 0.2) is 30.3 Å². The first-order chi connectivity index (χ1) is 15.6. The predicted octanol–water partition coefficient (Wildman–Crippen LogP) is 3.77. The van der Waals surface area contributed by atoms with Crippen molar-refractivity contribution in [2.75, 3.05) is 19.6 Å². The molecule has 0 bridgehead atoms. The number of likely N-dealkylation sites (tertiary alicyclic amines) is 1. The fourth-order valence-electron chi connectivity index (χ4n) is 6.35. The number of amides is 1. The van der Waals surface area contributed by atoms with E-state index in [9.17, 15) is 15.0 Å². The lowest BCUT2D eigenvalue weighted by Gasteiger charge is -2.38. The first kappa shape index (κ1) is 23.7. The van der Waals surface area contributed by atoms with Gasteiger partial charge >= 0.3 is 0 Å². The second-order valence-corrected chi connectivity index (χ2v) is 10.6. The van der Waals surface area contributed by atoms with Crippen LogP contribution in [0.1, 0.15) is 82.6 Å². The highest BCUT2D eigenvalue weighted by atomic mass is 16.3. The van der Waals surface area contributed by atoms with Crippen LogP contribution in [0.25, 0.3) is 0 Å². The van der Waals surface area contributed by atoms with Gasteiger partial charge in [-0.2, -0.15) is 0 Å². The van der Waals surface area contributed by atoms with E-state index in [2.05, 4.69) is 34.5 Å². The number of aliphatic hydroxyl groups is 2. The molecule has 0 spiro atoms. The molecule has 32 heavy (non-hydrogen) atoms. The Bertz CT molecular complexity index is 713. The van der Waals surface area contributed by atoms with E-state index in [1.54, 1.807) is 0 Å². The second-order valence-electron chi connectivity index (χ2n) is 10.6. The smallest absolute Gasteiger partial charge is 0.220 e. The highest BCUT2D eigenvalue weighted by Gasteiger charge is 2.40. The van der Waals surface area contributed by atoms with Crippen LogP contribution in [-0.4, -0.2) is 58.9 Å². The Morgan fingerprint density at radius 2 is 1.62 bits per heavy atom. The minimum Gasteiger partial charge on any atom is -0.393 e. The molecule has 5 nitrogen and oxygen atoms in total. The Morgan fingerprint density at radius 1 is 0.938 bits per heavy atom. The lowest BCUT2D eigenvalue weighted by Crippen LogP contribution is -2.48. The number of piperidine rings is 1. The van der Waals surface area contributed by atoms with Crippen LogP contribution < -0.4 is 5.32 Å². The summed E-state index contributed by atoms with van der Waals surface area (Å²) in [6.07, 6.45) is 11.4. The lowest BCUT2D eigenvalue weighted by atomic mass is 9.74. The molecule has 5 heteroatoms. The van der Waals surface area contributed by atoms with Gasteiger partial charge in [0.15, 0.2) is 0 Å². The van der Waals surface area contributed by atoms with Crippen molar-refractivity contribution in [2.45, 2.75) is 101 Å². The zero-order valence-electron chi connectivity index (χ0n) is 19.6. The van der Waals surface area contributed by atoms with Gasteiger partial charge in [-0.3, -0.25) is 9.69 Å². The molecular formula is C27H42N2O3. The van der Waals surface area contributed by atoms with Crippen molar-refractivity contribution in [3.63, 3.8) is 0 Å². The normalized spacial score (nSPS) is 31.2. The zero-order valence-corrected chi connectivity index (χ0v) is 19.6. The molecule has 1 aromatic carbocycles. The Labute approximate surface area is 193 Å². The van der Waals surface area contributed by atoms with Crippen LogP contribution in [0.5, 0.6) is 0 Å². The van der Waals surface area contributed by atoms with E-state index < -0.39 is 0 Å². The van der Waals surface area contributed by atoms with Crippen LogP contribution in [0, 0.1) is 5.92 Å². The predicted molar refractivity (Wildman–Crippen MR) is 127 cm³/mol. The molecule has 1 heterocycles. The van der Waals surface area contributed by atoms with Gasteiger partial charge in [-0.05, 0) is 62.8 Å². The fraction of sp³-hybridized carbons (Fsp3) is 0.741. The maximum Gasteiger partial charge on any atom is 0.220 e. The van der Waals surface area contributed by atoms with Gasteiger partial charge in [0.25, 0.3) is 0 Å². The largest absolute Gasteiger partial charge is 0.393 e. The lowest BCUT2D eigenvalue weighted by molar-refractivity contribution is -0.122. The number of aliphatic hydroxyl groups excluding tert-OH is 2. The summed E-state index contributed by atoms with van der Waals surface area (Å²) in [7, 11) is 0. The zero-order chi connectivity index (χ0) is 22.4. The third kappa shape index (κ3) is 5.92. The van der Waals surface area contributed by atoms with Gasteiger partial charge < -0.3 is 15.5 Å². The van der Waals surface area contributed by atoms with E-state index in [1.165, 1.54) is 37.7 Å². The van der Waals surface area contributed by atoms with Crippen LogP contribution in [-0.2, 0) is 10.2 Å². The van der Waals surface area contributed by atoms with Gasteiger partial charge in [0.05, 0.1) is 12.2 Å². The van der Waals surface area contributed by atoms with Crippen molar-refractivity contribution < 1.29 is 15.0 Å². The molecule has 3 fully saturated rings. The number of nitrogens with zero attached hydrogens (tertiary/aromatic N) is 1. The molecule has 178 valence electrons. The van der Waals surface area contributed by atoms with E-state index in [0.29, 0.717) is 18.9 Å². The Balaban J connectivity index is 1.44. The number of benzene rings is 1. The first-order valence-corrected chi connectivity index (χ1v) is 13.0. The maximum absolute atomic E-state index is 12.8. The summed E-state index contributed by atoms with van der Waals surface area (Å²) >= 11 is 0. The summed E-state index contributed by atoms with van der Waals surface area (Å²) in [4.78, 5) is 15.2. The Kier molecular flexibility index (Phi) is 8.25. The maximum atomic E-state index is 12.8. The van der Waals surface area contributed by atoms with Gasteiger partial charge in [0.1, 0.15) is 0 Å². The van der Waals surface area contributed by atoms with Gasteiger partial charge in [0, 0.05) is 37.5 Å². The molecule has 0 radical (unpaired) electrons. The van der Waals surface area contributed by atoms with Crippen molar-refractivity contribution in [3.8, 4) is 0 Å². The van der Waals surface area contributed by atoms with E-state index in [0.717, 1.165) is 51.6 Å². The number of hydrogen-bond acceptors (Lipinski definition) is 4. The van der Waals surface area contributed by atoms with Crippen LogP contribution in [0.2, 0.25) is 0 Å². The van der Waals surface area contributed by atoms with Crippen LogP contribution >= 0.6 is 0 Å². The number of carbonyl (C=O) groups excluding carboxylic acids is 1. The molecule has 1 aromatic rings. The number of hydrogen-bond donors (Lipinski definition) is 3. The van der Waals surface area contributed by atoms with E-state index in [-0.39, 0.29) is 29.6 Å². The minimum atomic E-state index is -0.353. The number of carbonyl (C=O) groups is 1. The molecule has 3 aliphatic rings. The average molecular weight is 443 g/mol. The first-order valence-electron chi connectivity index (χ1n) is 13.0. The molecular weight excluding hydrogens is 400 g/mol. The SMILES string of the molecule is O=C(CC1CCCCC1)NC[C@@]1(c2ccccc2)CC[C@H](O)[C@@H](N2CCC(O)CC2)CC1. The highest BCUT2D eigenvalue weighted by Crippen LogP contribution is 2.40. The molecule has 0 unspecified atom stereocenters. The summed E-state index contributed by atoms with van der Waals surface area (Å²) in [6.45, 7) is 2.37. The summed E-state index contributed by atoms with van der Waals surface area (Å²) in [5, 5.41) is 24.3. The Morgan fingerprint density at radius 3 is 2.34 bits per heavy atom. The van der Waals surface area contributed by atoms with E-state index in [1.807, 2.05) is 6.07 Å². The van der Waals surface area contributed by atoms with Crippen molar-refractivity contribution in [1.82, 2.24) is 10.2 Å². The summed E-state index contributed by atoms with van der Waals surface area (Å²) in [5.74, 6) is 0.741. The molecule has 3 N–H and O–H groups in total. The number of nitrogens with one attached hydrogen (secondary N) is 1. The van der Waals surface area contributed by atoms with Gasteiger partial charge in [-0.1, -0.05) is 49.6 Å². The van der Waals surface area contributed by atoms with Crippen molar-refractivity contribution >= 4 is 5.91 Å². The topological polar surface area (TPSA) is 72.8 Å². The molecule has 1 saturated heterocycles. The molecule has 3 atom stereocenters. The quantitative estimate of drug-likeness (QED) is 0.587. The standard InChI is InChI=1S/C27H42N2O3/c30-23-13-17-29(18-14-23)24-11-15-27(16-12-25(24)31,22-9-5-2-6-10-22)20-28-26(32)19-21-7-3-1-4-8-21/h2,5-6,9-10,21,23-25,30-31H,1,3-4,7-8,11-20H2,(H,28,32)/t24-,25-,27-/m0/s1. The minimum absolute atomic E-state index is 0.130. The van der Waals surface area contributed by atoms with Crippen molar-refractivity contribution in [1.29, 1.82) is 0 Å². The molecule has 2 aliphatic carbocycles. The van der Waals surface area contributed by atoms with Crippen LogP contribution in [0.4, 0.5) is 0 Å². The van der Waals surface area contributed by atoms with E-state index >= 15 is 0 Å². The second kappa shape index (κ2) is 11.1. The summed E-state index contributed by atoms with van der Waals surface area (Å²) < 4.78 is 0. The van der Waals surface area contributed by atoms with Gasteiger partial charge in [0.2, 0.25) is 5.91 Å². The van der Waals surface area contributed by atoms with Crippen molar-refractivity contribution in [2.24, 2.45) is 5.92 Å². The highest BCUT2D eigenvalue weighted by molar-refractivity contribution is 5.76. The third-order valence-corrected chi connectivity index (χ3v) is 8.46. The van der Waals surface area contributed by atoms with Crippen LogP contribution in [0.3, 0.4) is 0 Å². The van der Waals surface area contributed by atoms with Gasteiger partial charge in [-0.15, -0.1) is 0 Å². The third-order valence-electron chi connectivity index (χ3n) is 8.46.